The van der Waals surface area contributed by atoms with Crippen molar-refractivity contribution in [2.45, 2.75) is 6.18 Å². The Kier molecular flexibility index (Phi) is 6.10. The molecule has 138 valence electrons. The molecule has 9 heteroatoms. The second-order valence-electron chi connectivity index (χ2n) is 5.15. The number of hydrogen-bond donors (Lipinski definition) is 2. The number of benzene rings is 2. The summed E-state index contributed by atoms with van der Waals surface area (Å²) in [6, 6.07) is 9.20. The number of halogens is 4. The topological polar surface area (TPSA) is 67.4 Å². The summed E-state index contributed by atoms with van der Waals surface area (Å²) in [7, 11) is 1.44. The Morgan fingerprint density at radius 3 is 2.54 bits per heavy atom. The second-order valence-corrected chi connectivity index (χ2v) is 5.59. The molecule has 0 radical (unpaired) electrons. The molecule has 2 aromatic rings. The van der Waals surface area contributed by atoms with Gasteiger partial charge in [-0.15, -0.1) is 0 Å². The first-order chi connectivity index (χ1) is 12.2. The smallest absolute Gasteiger partial charge is 0.418 e. The van der Waals surface area contributed by atoms with E-state index in [1.54, 1.807) is 12.1 Å². The molecular weight excluding hydrogens is 373 g/mol. The van der Waals surface area contributed by atoms with Crippen LogP contribution in [0.4, 0.5) is 18.9 Å². The number of ether oxygens (including phenoxy) is 1. The van der Waals surface area contributed by atoms with Crippen LogP contribution >= 0.6 is 11.6 Å². The van der Waals surface area contributed by atoms with E-state index in [2.05, 4.69) is 10.6 Å². The molecule has 2 aromatic carbocycles. The summed E-state index contributed by atoms with van der Waals surface area (Å²) >= 11 is 5.57. The van der Waals surface area contributed by atoms with Gasteiger partial charge in [0, 0.05) is 10.6 Å². The molecule has 0 saturated heterocycles. The van der Waals surface area contributed by atoms with E-state index < -0.39 is 35.8 Å². The molecule has 2 rings (SSSR count). The van der Waals surface area contributed by atoms with Gasteiger partial charge in [0.2, 0.25) is 5.91 Å². The van der Waals surface area contributed by atoms with E-state index in [0.717, 1.165) is 6.07 Å². The van der Waals surface area contributed by atoms with Gasteiger partial charge in [0.05, 0.1) is 24.9 Å². The van der Waals surface area contributed by atoms with Gasteiger partial charge in [-0.1, -0.05) is 17.7 Å². The number of carbonyl (C=O) groups excluding carboxylic acids is 2. The van der Waals surface area contributed by atoms with Gasteiger partial charge in [0.25, 0.3) is 5.91 Å². The average molecular weight is 387 g/mol. The number of anilines is 1. The van der Waals surface area contributed by atoms with Gasteiger partial charge in [-0.3, -0.25) is 9.59 Å². The Balaban J connectivity index is 2.02. The highest BCUT2D eigenvalue weighted by atomic mass is 35.5. The maximum absolute atomic E-state index is 13.0. The zero-order valence-electron chi connectivity index (χ0n) is 13.5. The molecule has 2 N–H and O–H groups in total. The van der Waals surface area contributed by atoms with E-state index in [9.17, 15) is 22.8 Å². The number of rotatable bonds is 5. The number of amides is 2. The lowest BCUT2D eigenvalue weighted by Gasteiger charge is -2.14. The van der Waals surface area contributed by atoms with Crippen LogP contribution in [-0.4, -0.2) is 25.5 Å². The van der Waals surface area contributed by atoms with Crippen LogP contribution in [-0.2, 0) is 11.0 Å². The molecule has 0 aliphatic rings. The lowest BCUT2D eigenvalue weighted by atomic mass is 10.1. The normalized spacial score (nSPS) is 11.0. The van der Waals surface area contributed by atoms with Gasteiger partial charge in [-0.25, -0.2) is 0 Å². The van der Waals surface area contributed by atoms with Crippen LogP contribution in [0.5, 0.6) is 5.75 Å². The molecule has 26 heavy (non-hydrogen) atoms. The van der Waals surface area contributed by atoms with Gasteiger partial charge in [-0.2, -0.15) is 13.2 Å². The molecule has 0 spiro atoms. The summed E-state index contributed by atoms with van der Waals surface area (Å²) in [5.74, 6) is -0.918. The number of methoxy groups -OCH3 is 1. The van der Waals surface area contributed by atoms with Gasteiger partial charge < -0.3 is 15.4 Å². The first kappa shape index (κ1) is 19.6. The predicted molar refractivity (Wildman–Crippen MR) is 90.4 cm³/mol. The quantitative estimate of drug-likeness (QED) is 0.822. The molecular formula is C17H14ClF3N2O3. The minimum atomic E-state index is -4.68. The lowest BCUT2D eigenvalue weighted by Crippen LogP contribution is -2.33. The van der Waals surface area contributed by atoms with Crippen molar-refractivity contribution in [3.8, 4) is 5.75 Å². The van der Waals surface area contributed by atoms with Crippen LogP contribution in [0.25, 0.3) is 0 Å². The Hall–Kier alpha value is -2.74. The largest absolute Gasteiger partial charge is 0.497 e. The molecule has 0 saturated carbocycles. The van der Waals surface area contributed by atoms with Crippen LogP contribution in [0.1, 0.15) is 15.9 Å². The third-order valence-corrected chi connectivity index (χ3v) is 3.54. The van der Waals surface area contributed by atoms with Crippen LogP contribution in [0.3, 0.4) is 0 Å². The van der Waals surface area contributed by atoms with E-state index in [4.69, 9.17) is 16.3 Å². The van der Waals surface area contributed by atoms with Crippen molar-refractivity contribution in [2.75, 3.05) is 19.0 Å². The van der Waals surface area contributed by atoms with Gasteiger partial charge >= 0.3 is 6.18 Å². The third-order valence-electron chi connectivity index (χ3n) is 3.30. The monoisotopic (exact) mass is 386 g/mol. The average Bonchev–Trinajstić information content (AvgIpc) is 2.60. The fraction of sp³-hybridized carbons (Fsp3) is 0.176. The molecule has 0 fully saturated rings. The minimum Gasteiger partial charge on any atom is -0.497 e. The van der Waals surface area contributed by atoms with Crippen LogP contribution in [0.15, 0.2) is 42.5 Å². The van der Waals surface area contributed by atoms with Gasteiger partial charge in [0.15, 0.2) is 0 Å². The molecule has 0 bridgehead atoms. The Morgan fingerprint density at radius 2 is 1.88 bits per heavy atom. The highest BCUT2D eigenvalue weighted by Gasteiger charge is 2.34. The van der Waals surface area contributed by atoms with Crippen molar-refractivity contribution in [3.05, 3.63) is 58.6 Å². The molecule has 2 amide bonds. The summed E-state index contributed by atoms with van der Waals surface area (Å²) in [5, 5.41) is 4.33. The Labute approximate surface area is 152 Å². The van der Waals surface area contributed by atoms with E-state index in [-0.39, 0.29) is 10.6 Å². The summed E-state index contributed by atoms with van der Waals surface area (Å²) < 4.78 is 44.0. The molecule has 0 unspecified atom stereocenters. The maximum Gasteiger partial charge on any atom is 0.418 e. The number of carbonyl (C=O) groups is 2. The molecule has 5 nitrogen and oxygen atoms in total. The highest BCUT2D eigenvalue weighted by Crippen LogP contribution is 2.36. The van der Waals surface area contributed by atoms with Crippen molar-refractivity contribution in [1.29, 1.82) is 0 Å². The molecule has 0 aliphatic heterocycles. The van der Waals surface area contributed by atoms with Gasteiger partial charge in [0.1, 0.15) is 5.75 Å². The number of nitrogens with one attached hydrogen (secondary N) is 2. The zero-order chi connectivity index (χ0) is 19.3. The maximum atomic E-state index is 13.0. The number of hydrogen-bond acceptors (Lipinski definition) is 3. The molecule has 0 atom stereocenters. The summed E-state index contributed by atoms with van der Waals surface area (Å²) in [5.41, 5.74) is -1.26. The van der Waals surface area contributed by atoms with Crippen LogP contribution in [0.2, 0.25) is 5.02 Å². The van der Waals surface area contributed by atoms with Crippen molar-refractivity contribution >= 4 is 29.1 Å². The summed E-state index contributed by atoms with van der Waals surface area (Å²) in [4.78, 5) is 23.9. The zero-order valence-corrected chi connectivity index (χ0v) is 14.2. The summed E-state index contributed by atoms with van der Waals surface area (Å²) in [6.07, 6.45) is -4.68. The SMILES string of the molecule is COc1cccc(C(=O)NCC(=O)Nc2ccc(Cl)cc2C(F)(F)F)c1. The van der Waals surface area contributed by atoms with E-state index in [1.165, 1.54) is 25.3 Å². The van der Waals surface area contributed by atoms with Crippen LogP contribution < -0.4 is 15.4 Å². The number of alkyl halides is 3. The van der Waals surface area contributed by atoms with Crippen molar-refractivity contribution in [1.82, 2.24) is 5.32 Å². The first-order valence-electron chi connectivity index (χ1n) is 7.29. The fourth-order valence-corrected chi connectivity index (χ4v) is 2.25. The predicted octanol–water partition coefficient (Wildman–Crippen LogP) is 3.74. The van der Waals surface area contributed by atoms with Crippen LogP contribution in [0, 0.1) is 0 Å². The first-order valence-corrected chi connectivity index (χ1v) is 7.67. The van der Waals surface area contributed by atoms with E-state index >= 15 is 0 Å². The minimum absolute atomic E-state index is 0.110. The van der Waals surface area contributed by atoms with Gasteiger partial charge in [-0.05, 0) is 36.4 Å². The Morgan fingerprint density at radius 1 is 1.15 bits per heavy atom. The van der Waals surface area contributed by atoms with E-state index in [1.807, 2.05) is 0 Å². The third kappa shape index (κ3) is 5.13. The summed E-state index contributed by atoms with van der Waals surface area (Å²) in [6.45, 7) is -0.504. The highest BCUT2D eigenvalue weighted by molar-refractivity contribution is 6.30. The fourth-order valence-electron chi connectivity index (χ4n) is 2.08. The lowest BCUT2D eigenvalue weighted by molar-refractivity contribution is -0.137. The van der Waals surface area contributed by atoms with Crippen molar-refractivity contribution < 1.29 is 27.5 Å². The Bertz CT molecular complexity index is 825. The molecule has 0 heterocycles. The second kappa shape index (κ2) is 8.09. The van der Waals surface area contributed by atoms with E-state index in [0.29, 0.717) is 11.8 Å². The standard InChI is InChI=1S/C17H14ClF3N2O3/c1-26-12-4-2-3-10(7-12)16(25)22-9-15(24)23-14-6-5-11(18)8-13(14)17(19,20)21/h2-8H,9H2,1H3,(H,22,25)(H,23,24). The van der Waals surface area contributed by atoms with Crippen molar-refractivity contribution in [3.63, 3.8) is 0 Å². The van der Waals surface area contributed by atoms with Crippen molar-refractivity contribution in [2.24, 2.45) is 0 Å². The molecule has 0 aromatic heterocycles. The molecule has 0 aliphatic carbocycles.